The van der Waals surface area contributed by atoms with Gasteiger partial charge in [0.2, 0.25) is 0 Å². The first-order chi connectivity index (χ1) is 9.61. The Hall–Kier alpha value is -2.14. The maximum Gasteiger partial charge on any atom is 0.360 e. The molecule has 104 valence electrons. The van der Waals surface area contributed by atoms with E-state index in [1.165, 1.54) is 7.11 Å². The zero-order chi connectivity index (χ0) is 14.5. The van der Waals surface area contributed by atoms with Crippen molar-refractivity contribution in [3.05, 3.63) is 52.6 Å². The molecule has 0 aliphatic heterocycles. The molecule has 1 aromatic heterocycles. The number of hydrogen-bond donors (Lipinski definition) is 0. The monoisotopic (exact) mass is 292 g/mol. The highest BCUT2D eigenvalue weighted by molar-refractivity contribution is 6.31. The van der Waals surface area contributed by atoms with Gasteiger partial charge < -0.3 is 9.47 Å². The Morgan fingerprint density at radius 2 is 1.95 bits per heavy atom. The van der Waals surface area contributed by atoms with Crippen molar-refractivity contribution in [1.82, 2.24) is 9.97 Å². The predicted octanol–water partition coefficient (Wildman–Crippen LogP) is 2.80. The molecule has 20 heavy (non-hydrogen) atoms. The third-order valence-corrected chi connectivity index (χ3v) is 2.80. The SMILES string of the molecule is COC(=O)c1nc(C)nc(Cl)c1OCc1ccccc1. The van der Waals surface area contributed by atoms with Crippen LogP contribution in [0.2, 0.25) is 5.15 Å². The number of nitrogens with zero attached hydrogens (tertiary/aromatic N) is 2. The van der Waals surface area contributed by atoms with Crippen LogP contribution < -0.4 is 4.74 Å². The van der Waals surface area contributed by atoms with Gasteiger partial charge >= 0.3 is 5.97 Å². The van der Waals surface area contributed by atoms with Crippen LogP contribution in [0.1, 0.15) is 21.9 Å². The van der Waals surface area contributed by atoms with Gasteiger partial charge in [-0.3, -0.25) is 0 Å². The number of halogens is 1. The molecule has 0 unspecified atom stereocenters. The number of aromatic nitrogens is 2. The number of hydrogen-bond acceptors (Lipinski definition) is 5. The summed E-state index contributed by atoms with van der Waals surface area (Å²) < 4.78 is 10.2. The summed E-state index contributed by atoms with van der Waals surface area (Å²) in [5, 5.41) is 0.0915. The highest BCUT2D eigenvalue weighted by atomic mass is 35.5. The molecule has 5 nitrogen and oxygen atoms in total. The first-order valence-electron chi connectivity index (χ1n) is 5.91. The van der Waals surface area contributed by atoms with Crippen LogP contribution in [0.5, 0.6) is 5.75 Å². The van der Waals surface area contributed by atoms with Gasteiger partial charge in [-0.05, 0) is 12.5 Å². The Balaban J connectivity index is 2.28. The van der Waals surface area contributed by atoms with Crippen LogP contribution in [-0.4, -0.2) is 23.0 Å². The molecule has 0 saturated carbocycles. The second-order valence-electron chi connectivity index (χ2n) is 4.01. The standard InChI is InChI=1S/C14H13ClN2O3/c1-9-16-11(14(18)19-2)12(13(15)17-9)20-8-10-6-4-3-5-7-10/h3-7H,8H2,1-2H3. The Morgan fingerprint density at radius 3 is 2.60 bits per heavy atom. The van der Waals surface area contributed by atoms with E-state index < -0.39 is 5.97 Å². The zero-order valence-electron chi connectivity index (χ0n) is 11.1. The molecule has 0 spiro atoms. The summed E-state index contributed by atoms with van der Waals surface area (Å²) in [6.07, 6.45) is 0. The average Bonchev–Trinajstić information content (AvgIpc) is 2.46. The number of benzene rings is 1. The molecule has 0 atom stereocenters. The lowest BCUT2D eigenvalue weighted by molar-refractivity contribution is 0.0587. The first kappa shape index (κ1) is 14.3. The van der Waals surface area contributed by atoms with Crippen LogP contribution in [0.15, 0.2) is 30.3 Å². The van der Waals surface area contributed by atoms with E-state index in [1.54, 1.807) is 6.92 Å². The highest BCUT2D eigenvalue weighted by Crippen LogP contribution is 2.27. The van der Waals surface area contributed by atoms with Crippen LogP contribution in [0.4, 0.5) is 0 Å². The lowest BCUT2D eigenvalue weighted by Crippen LogP contribution is -2.11. The summed E-state index contributed by atoms with van der Waals surface area (Å²) in [6.45, 7) is 1.90. The van der Waals surface area contributed by atoms with Crippen molar-refractivity contribution in [3.63, 3.8) is 0 Å². The molecule has 2 rings (SSSR count). The summed E-state index contributed by atoms with van der Waals surface area (Å²) in [4.78, 5) is 19.7. The van der Waals surface area contributed by atoms with Crippen molar-refractivity contribution in [1.29, 1.82) is 0 Å². The second-order valence-corrected chi connectivity index (χ2v) is 4.36. The number of aryl methyl sites for hydroxylation is 1. The van der Waals surface area contributed by atoms with Crippen molar-refractivity contribution in [2.24, 2.45) is 0 Å². The maximum atomic E-state index is 11.7. The molecule has 0 fully saturated rings. The van der Waals surface area contributed by atoms with E-state index in [1.807, 2.05) is 30.3 Å². The fourth-order valence-corrected chi connectivity index (χ4v) is 1.89. The summed E-state index contributed by atoms with van der Waals surface area (Å²) >= 11 is 6.02. The molecular weight excluding hydrogens is 280 g/mol. The van der Waals surface area contributed by atoms with Crippen molar-refractivity contribution >= 4 is 17.6 Å². The van der Waals surface area contributed by atoms with E-state index in [9.17, 15) is 4.79 Å². The van der Waals surface area contributed by atoms with E-state index in [-0.39, 0.29) is 23.2 Å². The van der Waals surface area contributed by atoms with Gasteiger partial charge in [0.05, 0.1) is 7.11 Å². The number of methoxy groups -OCH3 is 1. The van der Waals surface area contributed by atoms with Crippen LogP contribution in [-0.2, 0) is 11.3 Å². The minimum absolute atomic E-state index is 0.0286. The molecule has 0 radical (unpaired) electrons. The van der Waals surface area contributed by atoms with E-state index in [0.29, 0.717) is 5.82 Å². The van der Waals surface area contributed by atoms with E-state index in [0.717, 1.165) is 5.56 Å². The molecule has 2 aromatic rings. The van der Waals surface area contributed by atoms with Gasteiger partial charge in [-0.1, -0.05) is 41.9 Å². The molecule has 0 aliphatic carbocycles. The molecule has 6 heteroatoms. The number of carbonyl (C=O) groups is 1. The quantitative estimate of drug-likeness (QED) is 0.640. The van der Waals surface area contributed by atoms with E-state index >= 15 is 0 Å². The van der Waals surface area contributed by atoms with Crippen LogP contribution >= 0.6 is 11.6 Å². The summed E-state index contributed by atoms with van der Waals surface area (Å²) in [7, 11) is 1.27. The third kappa shape index (κ3) is 3.24. The summed E-state index contributed by atoms with van der Waals surface area (Å²) in [5.74, 6) is -0.101. The van der Waals surface area contributed by atoms with Crippen LogP contribution in [0, 0.1) is 6.92 Å². The average molecular weight is 293 g/mol. The van der Waals surface area contributed by atoms with E-state index in [4.69, 9.17) is 16.3 Å². The largest absolute Gasteiger partial charge is 0.483 e. The summed E-state index contributed by atoms with van der Waals surface area (Å²) in [6, 6.07) is 9.51. The number of carbonyl (C=O) groups excluding carboxylic acids is 1. The summed E-state index contributed by atoms with van der Waals surface area (Å²) in [5.41, 5.74) is 0.973. The van der Waals surface area contributed by atoms with Crippen molar-refractivity contribution in [2.45, 2.75) is 13.5 Å². The molecule has 0 N–H and O–H groups in total. The molecular formula is C14H13ClN2O3. The molecule has 0 aliphatic rings. The fourth-order valence-electron chi connectivity index (χ4n) is 1.62. The second kappa shape index (κ2) is 6.34. The molecule has 0 saturated heterocycles. The van der Waals surface area contributed by atoms with Crippen molar-refractivity contribution in [3.8, 4) is 5.75 Å². The minimum atomic E-state index is -0.611. The topological polar surface area (TPSA) is 61.3 Å². The highest BCUT2D eigenvalue weighted by Gasteiger charge is 2.20. The van der Waals surface area contributed by atoms with Gasteiger partial charge in [0.15, 0.2) is 16.6 Å². The van der Waals surface area contributed by atoms with Crippen LogP contribution in [0.3, 0.4) is 0 Å². The van der Waals surface area contributed by atoms with Gasteiger partial charge in [0, 0.05) is 0 Å². The number of rotatable bonds is 4. The molecule has 1 aromatic carbocycles. The van der Waals surface area contributed by atoms with Gasteiger partial charge in [-0.15, -0.1) is 0 Å². The Kier molecular flexibility index (Phi) is 4.53. The van der Waals surface area contributed by atoms with Crippen LogP contribution in [0.25, 0.3) is 0 Å². The zero-order valence-corrected chi connectivity index (χ0v) is 11.8. The molecule has 1 heterocycles. The van der Waals surface area contributed by atoms with Gasteiger partial charge in [-0.2, -0.15) is 0 Å². The minimum Gasteiger partial charge on any atom is -0.483 e. The van der Waals surface area contributed by atoms with Gasteiger partial charge in [0.25, 0.3) is 0 Å². The Labute approximate surface area is 121 Å². The number of ether oxygens (including phenoxy) is 2. The van der Waals surface area contributed by atoms with E-state index in [2.05, 4.69) is 14.7 Å². The smallest absolute Gasteiger partial charge is 0.360 e. The third-order valence-electron chi connectivity index (χ3n) is 2.54. The lowest BCUT2D eigenvalue weighted by atomic mass is 10.2. The predicted molar refractivity (Wildman–Crippen MR) is 73.9 cm³/mol. The normalized spacial score (nSPS) is 10.2. The van der Waals surface area contributed by atoms with Crippen molar-refractivity contribution in [2.75, 3.05) is 7.11 Å². The maximum absolute atomic E-state index is 11.7. The fraction of sp³-hybridized carbons (Fsp3) is 0.214. The lowest BCUT2D eigenvalue weighted by Gasteiger charge is -2.11. The van der Waals surface area contributed by atoms with Gasteiger partial charge in [0.1, 0.15) is 12.4 Å². The number of esters is 1. The molecule has 0 amide bonds. The molecule has 0 bridgehead atoms. The Morgan fingerprint density at radius 1 is 1.25 bits per heavy atom. The van der Waals surface area contributed by atoms with Gasteiger partial charge in [-0.25, -0.2) is 14.8 Å². The van der Waals surface area contributed by atoms with Crippen molar-refractivity contribution < 1.29 is 14.3 Å². The first-order valence-corrected chi connectivity index (χ1v) is 6.28. The Bertz CT molecular complexity index is 617.